The minimum atomic E-state index is -0.197. The van der Waals surface area contributed by atoms with Crippen LogP contribution in [0.25, 0.3) is 0 Å². The zero-order valence-corrected chi connectivity index (χ0v) is 13.0. The minimum absolute atomic E-state index is 0.184. The van der Waals surface area contributed by atoms with Crippen LogP contribution in [-0.2, 0) is 0 Å². The summed E-state index contributed by atoms with van der Waals surface area (Å²) in [5, 5.41) is 5.49. The van der Waals surface area contributed by atoms with Crippen LogP contribution < -0.4 is 5.73 Å². The number of hydrogen-bond donors (Lipinski definition) is 1. The second-order valence-electron chi connectivity index (χ2n) is 6.05. The molecule has 0 amide bonds. The third-order valence-corrected chi connectivity index (χ3v) is 3.67. The van der Waals surface area contributed by atoms with E-state index in [4.69, 9.17) is 22.4 Å². The van der Waals surface area contributed by atoms with Crippen LogP contribution in [0.4, 0.5) is 11.6 Å². The van der Waals surface area contributed by atoms with E-state index in [1.165, 1.54) is 6.33 Å². The molecule has 0 saturated carbocycles. The first kappa shape index (κ1) is 13.9. The van der Waals surface area contributed by atoms with Gasteiger partial charge in [-0.15, -0.1) is 9.81 Å². The van der Waals surface area contributed by atoms with E-state index in [1.807, 2.05) is 29.0 Å². The van der Waals surface area contributed by atoms with E-state index in [1.54, 1.807) is 0 Å². The maximum atomic E-state index is 6.07. The fourth-order valence-corrected chi connectivity index (χ4v) is 2.55. The smallest absolute Gasteiger partial charge is 0.355 e. The summed E-state index contributed by atoms with van der Waals surface area (Å²) in [6.07, 6.45) is 1.48. The molecule has 2 heterocycles. The van der Waals surface area contributed by atoms with Gasteiger partial charge in [-0.25, -0.2) is 0 Å². The van der Waals surface area contributed by atoms with Crippen LogP contribution in [0.5, 0.6) is 0 Å². The van der Waals surface area contributed by atoms with Gasteiger partial charge in [0.2, 0.25) is 6.33 Å². The highest BCUT2D eigenvalue weighted by Crippen LogP contribution is 2.43. The number of halogens is 1. The summed E-state index contributed by atoms with van der Waals surface area (Å²) >= 11 is 5.96. The Morgan fingerprint density at radius 1 is 1.14 bits per heavy atom. The lowest BCUT2D eigenvalue weighted by Crippen LogP contribution is -2.27. The second-order valence-corrected chi connectivity index (χ2v) is 6.48. The Hall–Kier alpha value is -2.01. The molecule has 0 saturated heterocycles. The standard InChI is InChI=1S/C15H17ClN5/c1-15(2,3)21-14-11(13(17)18-8-19-14)12(20-21)9-4-6-10(16)7-5-9/h4-8,12H,1-3H3,(H2,17,18,19)/q+1. The molecular formula is C15H17ClN5+. The van der Waals surface area contributed by atoms with Crippen molar-refractivity contribution in [1.82, 2.24) is 9.97 Å². The molecule has 1 aliphatic rings. The van der Waals surface area contributed by atoms with Crippen molar-refractivity contribution in [2.45, 2.75) is 32.4 Å². The highest BCUT2D eigenvalue weighted by atomic mass is 35.5. The SMILES string of the molecule is CC(C)(C)[N+]1=NC(c2ccc(Cl)cc2)c2c(N)ncnc21. The van der Waals surface area contributed by atoms with Gasteiger partial charge >= 0.3 is 5.82 Å². The van der Waals surface area contributed by atoms with Crippen LogP contribution in [0.1, 0.15) is 37.9 Å². The van der Waals surface area contributed by atoms with Crippen LogP contribution in [0, 0.1) is 0 Å². The predicted octanol–water partition coefficient (Wildman–Crippen LogP) is 3.71. The second kappa shape index (κ2) is 4.77. The molecule has 3 rings (SSSR count). The number of nitrogen functional groups attached to an aromatic ring is 1. The molecule has 2 aromatic rings. The van der Waals surface area contributed by atoms with Crippen molar-refractivity contribution in [2.24, 2.45) is 5.11 Å². The Labute approximate surface area is 128 Å². The lowest BCUT2D eigenvalue weighted by Gasteiger charge is -2.14. The monoisotopic (exact) mass is 302 g/mol. The third-order valence-electron chi connectivity index (χ3n) is 3.42. The molecular weight excluding hydrogens is 286 g/mol. The summed E-state index contributed by atoms with van der Waals surface area (Å²) in [6.45, 7) is 6.26. The Balaban J connectivity index is 2.19. The maximum Gasteiger partial charge on any atom is 0.355 e. The van der Waals surface area contributed by atoms with Gasteiger partial charge in [-0.05, 0) is 43.5 Å². The van der Waals surface area contributed by atoms with Crippen LogP contribution in [-0.4, -0.2) is 20.2 Å². The molecule has 0 spiro atoms. The Morgan fingerprint density at radius 2 is 1.81 bits per heavy atom. The zero-order valence-electron chi connectivity index (χ0n) is 12.2. The summed E-state index contributed by atoms with van der Waals surface area (Å²) in [5.74, 6) is 1.24. The number of fused-ring (bicyclic) bond motifs is 1. The number of benzene rings is 1. The molecule has 1 unspecified atom stereocenters. The quantitative estimate of drug-likeness (QED) is 0.817. The molecule has 2 N–H and O–H groups in total. The number of nitrogens with zero attached hydrogens (tertiary/aromatic N) is 4. The summed E-state index contributed by atoms with van der Waals surface area (Å²) in [6, 6.07) is 7.42. The number of aromatic nitrogens is 2. The summed E-state index contributed by atoms with van der Waals surface area (Å²) in [7, 11) is 0. The minimum Gasteiger partial charge on any atom is -0.383 e. The predicted molar refractivity (Wildman–Crippen MR) is 81.8 cm³/mol. The number of nitrogens with two attached hydrogens (primary N) is 1. The van der Waals surface area contributed by atoms with Gasteiger partial charge in [0, 0.05) is 5.02 Å². The molecule has 0 fully saturated rings. The molecule has 1 aromatic heterocycles. The van der Waals surface area contributed by atoms with Gasteiger partial charge in [-0.1, -0.05) is 23.7 Å². The van der Waals surface area contributed by atoms with Crippen LogP contribution in [0.2, 0.25) is 5.02 Å². The average Bonchev–Trinajstić information content (AvgIpc) is 2.80. The van der Waals surface area contributed by atoms with E-state index < -0.39 is 0 Å². The van der Waals surface area contributed by atoms with Gasteiger partial charge in [-0.2, -0.15) is 4.98 Å². The van der Waals surface area contributed by atoms with Gasteiger partial charge < -0.3 is 5.73 Å². The topological polar surface area (TPSA) is 67.2 Å². The normalized spacial score (nSPS) is 17.5. The van der Waals surface area contributed by atoms with Gasteiger partial charge in [0.05, 0.1) is 0 Å². The van der Waals surface area contributed by atoms with E-state index in [-0.39, 0.29) is 11.6 Å². The highest BCUT2D eigenvalue weighted by Gasteiger charge is 2.41. The first-order valence-electron chi connectivity index (χ1n) is 6.75. The van der Waals surface area contributed by atoms with Crippen molar-refractivity contribution in [1.29, 1.82) is 0 Å². The van der Waals surface area contributed by atoms with Gasteiger partial charge in [0.15, 0.2) is 6.04 Å². The molecule has 1 aromatic carbocycles. The molecule has 5 nitrogen and oxygen atoms in total. The molecule has 6 heteroatoms. The molecule has 0 aliphatic carbocycles. The molecule has 1 atom stereocenters. The van der Waals surface area contributed by atoms with E-state index >= 15 is 0 Å². The number of rotatable bonds is 1. The summed E-state index contributed by atoms with van der Waals surface area (Å²) in [4.78, 5) is 8.49. The maximum absolute atomic E-state index is 6.07. The first-order valence-corrected chi connectivity index (χ1v) is 7.12. The summed E-state index contributed by atoms with van der Waals surface area (Å²) in [5.41, 5.74) is 7.77. The van der Waals surface area contributed by atoms with E-state index in [0.29, 0.717) is 10.8 Å². The number of hydrogen-bond acceptors (Lipinski definition) is 4. The van der Waals surface area contributed by atoms with Crippen molar-refractivity contribution in [2.75, 3.05) is 5.73 Å². The lowest BCUT2D eigenvalue weighted by molar-refractivity contribution is -0.583. The molecule has 21 heavy (non-hydrogen) atoms. The van der Waals surface area contributed by atoms with E-state index in [9.17, 15) is 0 Å². The Kier molecular flexibility index (Phi) is 3.17. The van der Waals surface area contributed by atoms with E-state index in [0.717, 1.165) is 16.9 Å². The zero-order chi connectivity index (χ0) is 15.2. The van der Waals surface area contributed by atoms with Crippen molar-refractivity contribution in [3.05, 3.63) is 46.7 Å². The van der Waals surface area contributed by atoms with Gasteiger partial charge in [0.25, 0.3) is 0 Å². The van der Waals surface area contributed by atoms with Crippen molar-refractivity contribution >= 4 is 23.2 Å². The van der Waals surface area contributed by atoms with Crippen molar-refractivity contribution < 1.29 is 4.70 Å². The number of azo groups is 2. The number of anilines is 1. The average molecular weight is 303 g/mol. The fraction of sp³-hybridized carbons (Fsp3) is 0.333. The van der Waals surface area contributed by atoms with Crippen LogP contribution >= 0.6 is 11.6 Å². The Bertz CT molecular complexity index is 716. The molecule has 0 radical (unpaired) electrons. The fourth-order valence-electron chi connectivity index (χ4n) is 2.43. The summed E-state index contributed by atoms with van der Waals surface area (Å²) < 4.78 is 1.92. The molecule has 0 bridgehead atoms. The van der Waals surface area contributed by atoms with Crippen molar-refractivity contribution in [3.63, 3.8) is 0 Å². The largest absolute Gasteiger partial charge is 0.383 e. The van der Waals surface area contributed by atoms with Crippen LogP contribution in [0.3, 0.4) is 0 Å². The molecule has 1 aliphatic heterocycles. The van der Waals surface area contributed by atoms with E-state index in [2.05, 4.69) is 30.7 Å². The first-order chi connectivity index (χ1) is 9.88. The third kappa shape index (κ3) is 2.38. The highest BCUT2D eigenvalue weighted by molar-refractivity contribution is 6.30. The van der Waals surface area contributed by atoms with Crippen molar-refractivity contribution in [3.8, 4) is 0 Å². The van der Waals surface area contributed by atoms with Gasteiger partial charge in [-0.3, -0.25) is 0 Å². The molecule has 108 valence electrons. The van der Waals surface area contributed by atoms with Crippen LogP contribution in [0.15, 0.2) is 35.7 Å². The lowest BCUT2D eigenvalue weighted by atomic mass is 10.0. The Morgan fingerprint density at radius 3 is 2.43 bits per heavy atom. The van der Waals surface area contributed by atoms with Gasteiger partial charge in [0.1, 0.15) is 16.9 Å².